The molecular formula is C24H26BrN3O. The van der Waals surface area contributed by atoms with Crippen LogP contribution in [0.3, 0.4) is 0 Å². The minimum atomic E-state index is -0.00228. The van der Waals surface area contributed by atoms with Gasteiger partial charge in [-0.3, -0.25) is 14.6 Å². The molecule has 0 saturated carbocycles. The molecule has 1 saturated heterocycles. The molecule has 5 heteroatoms. The van der Waals surface area contributed by atoms with Crippen molar-refractivity contribution in [1.82, 2.24) is 15.1 Å². The molecule has 4 nitrogen and oxygen atoms in total. The van der Waals surface area contributed by atoms with Crippen LogP contribution in [0.15, 0.2) is 71.2 Å². The molecule has 3 aromatic rings. The number of piperazine rings is 1. The van der Waals surface area contributed by atoms with E-state index in [9.17, 15) is 4.79 Å². The van der Waals surface area contributed by atoms with E-state index in [1.807, 2.05) is 30.3 Å². The molecule has 0 aromatic heterocycles. The van der Waals surface area contributed by atoms with Crippen molar-refractivity contribution in [3.8, 4) is 0 Å². The normalized spacial score (nSPS) is 15.5. The van der Waals surface area contributed by atoms with Crippen LogP contribution in [0.2, 0.25) is 0 Å². The van der Waals surface area contributed by atoms with E-state index in [1.54, 1.807) is 0 Å². The molecule has 1 aliphatic rings. The number of nitrogens with zero attached hydrogens (tertiary/aromatic N) is 2. The smallest absolute Gasteiger partial charge is 0.251 e. The standard InChI is InChI=1S/C24H26BrN3O/c25-23-9-8-20-16-22(7-6-21(20)17-23)24(29)26-10-11-27-12-14-28(15-13-27)18-19-4-2-1-3-5-19/h1-9,16-17H,10-15,18H2,(H,26,29). The molecule has 0 unspecified atom stereocenters. The van der Waals surface area contributed by atoms with Gasteiger partial charge in [0.05, 0.1) is 0 Å². The van der Waals surface area contributed by atoms with E-state index in [1.165, 1.54) is 5.56 Å². The second kappa shape index (κ2) is 9.53. The van der Waals surface area contributed by atoms with Crippen molar-refractivity contribution in [1.29, 1.82) is 0 Å². The molecule has 0 atom stereocenters. The van der Waals surface area contributed by atoms with Gasteiger partial charge >= 0.3 is 0 Å². The number of rotatable bonds is 6. The third-order valence-corrected chi connectivity index (χ3v) is 5.99. The first kappa shape index (κ1) is 20.1. The molecule has 0 spiro atoms. The van der Waals surface area contributed by atoms with Gasteiger partial charge in [0.2, 0.25) is 0 Å². The number of fused-ring (bicyclic) bond motifs is 1. The average Bonchev–Trinajstić information content (AvgIpc) is 2.75. The van der Waals surface area contributed by atoms with Crippen molar-refractivity contribution in [2.45, 2.75) is 6.54 Å². The first-order valence-corrected chi connectivity index (χ1v) is 10.9. The second-order valence-corrected chi connectivity index (χ2v) is 8.48. The summed E-state index contributed by atoms with van der Waals surface area (Å²) in [6.45, 7) is 6.83. The molecule has 0 bridgehead atoms. The van der Waals surface area contributed by atoms with Crippen molar-refractivity contribution >= 4 is 32.6 Å². The summed E-state index contributed by atoms with van der Waals surface area (Å²) in [6, 6.07) is 22.6. The fraction of sp³-hybridized carbons (Fsp3) is 0.292. The van der Waals surface area contributed by atoms with Crippen molar-refractivity contribution < 1.29 is 4.79 Å². The van der Waals surface area contributed by atoms with Crippen LogP contribution in [0, 0.1) is 0 Å². The lowest BCUT2D eigenvalue weighted by atomic mass is 10.1. The Morgan fingerprint density at radius 2 is 1.55 bits per heavy atom. The largest absolute Gasteiger partial charge is 0.351 e. The number of benzene rings is 3. The van der Waals surface area contributed by atoms with Crippen molar-refractivity contribution in [2.24, 2.45) is 0 Å². The van der Waals surface area contributed by atoms with Crippen molar-refractivity contribution in [3.63, 3.8) is 0 Å². The zero-order valence-electron chi connectivity index (χ0n) is 16.5. The first-order chi connectivity index (χ1) is 14.2. The molecule has 1 fully saturated rings. The Balaban J connectivity index is 1.21. The molecular weight excluding hydrogens is 426 g/mol. The van der Waals surface area contributed by atoms with Gasteiger partial charge in [-0.2, -0.15) is 0 Å². The zero-order chi connectivity index (χ0) is 20.1. The van der Waals surface area contributed by atoms with E-state index >= 15 is 0 Å². The Kier molecular flexibility index (Phi) is 6.60. The Bertz CT molecular complexity index is 968. The second-order valence-electron chi connectivity index (χ2n) is 7.57. The maximum absolute atomic E-state index is 12.5. The van der Waals surface area contributed by atoms with Crippen molar-refractivity contribution in [2.75, 3.05) is 39.3 Å². The van der Waals surface area contributed by atoms with Gasteiger partial charge in [-0.05, 0) is 40.6 Å². The van der Waals surface area contributed by atoms with Crippen LogP contribution in [0.25, 0.3) is 10.8 Å². The van der Waals surface area contributed by atoms with Gasteiger partial charge in [0, 0.05) is 55.8 Å². The van der Waals surface area contributed by atoms with Crippen LogP contribution < -0.4 is 5.32 Å². The van der Waals surface area contributed by atoms with Crippen LogP contribution in [-0.2, 0) is 6.54 Å². The fourth-order valence-electron chi connectivity index (χ4n) is 3.80. The van der Waals surface area contributed by atoms with Crippen LogP contribution in [0.1, 0.15) is 15.9 Å². The van der Waals surface area contributed by atoms with Gasteiger partial charge in [0.25, 0.3) is 5.91 Å². The number of halogens is 1. The summed E-state index contributed by atoms with van der Waals surface area (Å²) in [7, 11) is 0. The fourth-order valence-corrected chi connectivity index (χ4v) is 4.18. The molecule has 0 aliphatic carbocycles. The van der Waals surface area contributed by atoms with Crippen LogP contribution in [0.4, 0.5) is 0 Å². The highest BCUT2D eigenvalue weighted by molar-refractivity contribution is 9.10. The summed E-state index contributed by atoms with van der Waals surface area (Å²) in [5, 5.41) is 5.28. The Morgan fingerprint density at radius 1 is 0.862 bits per heavy atom. The van der Waals surface area contributed by atoms with Crippen LogP contribution >= 0.6 is 15.9 Å². The van der Waals surface area contributed by atoms with E-state index in [0.717, 1.165) is 54.5 Å². The minimum absolute atomic E-state index is 0.00228. The maximum atomic E-state index is 12.5. The average molecular weight is 452 g/mol. The number of carbonyl (C=O) groups is 1. The lowest BCUT2D eigenvalue weighted by Gasteiger charge is -2.34. The quantitative estimate of drug-likeness (QED) is 0.611. The first-order valence-electron chi connectivity index (χ1n) is 10.1. The van der Waals surface area contributed by atoms with E-state index in [0.29, 0.717) is 12.1 Å². The molecule has 4 rings (SSSR count). The Labute approximate surface area is 180 Å². The predicted octanol–water partition coefficient (Wildman–Crippen LogP) is 4.15. The van der Waals surface area contributed by atoms with E-state index < -0.39 is 0 Å². The monoisotopic (exact) mass is 451 g/mol. The zero-order valence-corrected chi connectivity index (χ0v) is 18.1. The highest BCUT2D eigenvalue weighted by Gasteiger charge is 2.17. The summed E-state index contributed by atoms with van der Waals surface area (Å²) in [6.07, 6.45) is 0. The van der Waals surface area contributed by atoms with E-state index in [4.69, 9.17) is 0 Å². The van der Waals surface area contributed by atoms with Gasteiger partial charge in [-0.25, -0.2) is 0 Å². The van der Waals surface area contributed by atoms with E-state index in [2.05, 4.69) is 67.4 Å². The number of carbonyl (C=O) groups excluding carboxylic acids is 1. The number of hydrogen-bond acceptors (Lipinski definition) is 3. The number of nitrogens with one attached hydrogen (secondary N) is 1. The molecule has 3 aromatic carbocycles. The van der Waals surface area contributed by atoms with E-state index in [-0.39, 0.29) is 5.91 Å². The summed E-state index contributed by atoms with van der Waals surface area (Å²) in [4.78, 5) is 17.4. The van der Waals surface area contributed by atoms with Gasteiger partial charge < -0.3 is 5.32 Å². The molecule has 1 aliphatic heterocycles. The summed E-state index contributed by atoms with van der Waals surface area (Å²) >= 11 is 3.48. The highest BCUT2D eigenvalue weighted by Crippen LogP contribution is 2.21. The van der Waals surface area contributed by atoms with Crippen LogP contribution in [-0.4, -0.2) is 55.0 Å². The van der Waals surface area contributed by atoms with Crippen molar-refractivity contribution in [3.05, 3.63) is 82.3 Å². The van der Waals surface area contributed by atoms with Gasteiger partial charge in [0.1, 0.15) is 0 Å². The molecule has 29 heavy (non-hydrogen) atoms. The SMILES string of the molecule is O=C(NCCN1CCN(Cc2ccccc2)CC1)c1ccc2cc(Br)ccc2c1. The third-order valence-electron chi connectivity index (χ3n) is 5.49. The third kappa shape index (κ3) is 5.44. The Morgan fingerprint density at radius 3 is 2.34 bits per heavy atom. The Hall–Kier alpha value is -2.21. The highest BCUT2D eigenvalue weighted by atomic mass is 79.9. The molecule has 150 valence electrons. The minimum Gasteiger partial charge on any atom is -0.351 e. The van der Waals surface area contributed by atoms with Gasteiger partial charge in [-0.1, -0.05) is 58.4 Å². The number of amides is 1. The predicted molar refractivity (Wildman–Crippen MR) is 122 cm³/mol. The summed E-state index contributed by atoms with van der Waals surface area (Å²) in [5.41, 5.74) is 2.09. The summed E-state index contributed by atoms with van der Waals surface area (Å²) < 4.78 is 1.05. The number of hydrogen-bond donors (Lipinski definition) is 1. The lowest BCUT2D eigenvalue weighted by molar-refractivity contribution is 0.0934. The molecule has 1 heterocycles. The molecule has 0 radical (unpaired) electrons. The summed E-state index contributed by atoms with van der Waals surface area (Å²) in [5.74, 6) is -0.00228. The maximum Gasteiger partial charge on any atom is 0.251 e. The topological polar surface area (TPSA) is 35.6 Å². The molecule has 1 amide bonds. The van der Waals surface area contributed by atoms with Crippen LogP contribution in [0.5, 0.6) is 0 Å². The molecule has 1 N–H and O–H groups in total. The lowest BCUT2D eigenvalue weighted by Crippen LogP contribution is -2.48. The van der Waals surface area contributed by atoms with Gasteiger partial charge in [0.15, 0.2) is 0 Å². The van der Waals surface area contributed by atoms with Gasteiger partial charge in [-0.15, -0.1) is 0 Å².